The van der Waals surface area contributed by atoms with Crippen molar-refractivity contribution in [2.24, 2.45) is 5.73 Å². The number of aromatic nitrogens is 1. The average molecular weight is 237 g/mol. The third kappa shape index (κ3) is 1.83. The summed E-state index contributed by atoms with van der Waals surface area (Å²) in [6, 6.07) is 4.21. The Bertz CT molecular complexity index is 514. The Morgan fingerprint density at radius 3 is 2.75 bits per heavy atom. The fourth-order valence-corrected chi connectivity index (χ4v) is 2.27. The van der Waals surface area contributed by atoms with Crippen LogP contribution in [0.3, 0.4) is 0 Å². The van der Waals surface area contributed by atoms with Crippen molar-refractivity contribution in [3.63, 3.8) is 0 Å². The van der Waals surface area contributed by atoms with Crippen LogP contribution in [0.25, 0.3) is 10.9 Å². The summed E-state index contributed by atoms with van der Waals surface area (Å²) in [6.07, 6.45) is 3.11. The number of rotatable bonds is 3. The lowest BCUT2D eigenvalue weighted by atomic mass is 10.1. The quantitative estimate of drug-likeness (QED) is 0.872. The minimum atomic E-state index is 0.685. The second-order valence-electron chi connectivity index (χ2n) is 4.10. The van der Waals surface area contributed by atoms with Gasteiger partial charge in [-0.3, -0.25) is 0 Å². The number of hydrogen-bond acceptors (Lipinski definition) is 1. The molecule has 3 heteroatoms. The molecule has 2 nitrogen and oxygen atoms in total. The fraction of sp³-hybridized carbons (Fsp3) is 0.385. The van der Waals surface area contributed by atoms with Gasteiger partial charge in [0.15, 0.2) is 0 Å². The molecular formula is C13H17ClN2. The van der Waals surface area contributed by atoms with Gasteiger partial charge in [-0.25, -0.2) is 0 Å². The molecule has 0 atom stereocenters. The number of nitrogens with zero attached hydrogens (tertiary/aromatic N) is 1. The van der Waals surface area contributed by atoms with Crippen molar-refractivity contribution in [3.8, 4) is 0 Å². The molecule has 0 saturated heterocycles. The fourth-order valence-electron chi connectivity index (χ4n) is 2.11. The maximum absolute atomic E-state index is 6.16. The zero-order valence-corrected chi connectivity index (χ0v) is 10.5. The second kappa shape index (κ2) is 4.48. The van der Waals surface area contributed by atoms with E-state index in [1.54, 1.807) is 0 Å². The molecule has 2 aromatic rings. The summed E-state index contributed by atoms with van der Waals surface area (Å²) in [7, 11) is 0. The van der Waals surface area contributed by atoms with Crippen molar-refractivity contribution in [2.45, 2.75) is 26.8 Å². The van der Waals surface area contributed by atoms with Gasteiger partial charge < -0.3 is 10.3 Å². The first-order chi connectivity index (χ1) is 7.67. The highest BCUT2D eigenvalue weighted by Gasteiger charge is 2.09. The van der Waals surface area contributed by atoms with E-state index in [9.17, 15) is 0 Å². The van der Waals surface area contributed by atoms with Crippen molar-refractivity contribution >= 4 is 22.5 Å². The van der Waals surface area contributed by atoms with E-state index in [0.717, 1.165) is 23.6 Å². The lowest BCUT2D eigenvalue weighted by molar-refractivity contribution is 0.790. The van der Waals surface area contributed by atoms with Gasteiger partial charge in [-0.15, -0.1) is 0 Å². The SMILES string of the molecule is CCn1cc(CCN)c2cc(C)c(Cl)cc21. The topological polar surface area (TPSA) is 30.9 Å². The molecule has 2 N–H and O–H groups in total. The molecule has 0 saturated carbocycles. The Balaban J connectivity index is 2.69. The lowest BCUT2D eigenvalue weighted by Gasteiger charge is -2.03. The molecule has 0 amide bonds. The van der Waals surface area contributed by atoms with Crippen molar-refractivity contribution in [1.29, 1.82) is 0 Å². The van der Waals surface area contributed by atoms with Crippen molar-refractivity contribution in [3.05, 3.63) is 34.5 Å². The van der Waals surface area contributed by atoms with Crippen molar-refractivity contribution < 1.29 is 0 Å². The van der Waals surface area contributed by atoms with Crippen LogP contribution in [0, 0.1) is 6.92 Å². The predicted molar refractivity (Wildman–Crippen MR) is 70.1 cm³/mol. The highest BCUT2D eigenvalue weighted by atomic mass is 35.5. The lowest BCUT2D eigenvalue weighted by Crippen LogP contribution is -2.02. The summed E-state index contributed by atoms with van der Waals surface area (Å²) in [6.45, 7) is 5.82. The van der Waals surface area contributed by atoms with E-state index in [1.807, 2.05) is 6.92 Å². The monoisotopic (exact) mass is 236 g/mol. The molecule has 0 bridgehead atoms. The van der Waals surface area contributed by atoms with Crippen LogP contribution in [0.1, 0.15) is 18.1 Å². The maximum atomic E-state index is 6.16. The van der Waals surface area contributed by atoms with Crippen LogP contribution < -0.4 is 5.73 Å². The average Bonchev–Trinajstić information content (AvgIpc) is 2.58. The molecule has 1 aromatic heterocycles. The molecule has 16 heavy (non-hydrogen) atoms. The molecule has 0 spiro atoms. The zero-order valence-electron chi connectivity index (χ0n) is 9.76. The number of fused-ring (bicyclic) bond motifs is 1. The van der Waals surface area contributed by atoms with E-state index in [-0.39, 0.29) is 0 Å². The van der Waals surface area contributed by atoms with E-state index < -0.39 is 0 Å². The Kier molecular flexibility index (Phi) is 3.22. The van der Waals surface area contributed by atoms with Crippen LogP contribution in [0.5, 0.6) is 0 Å². The molecule has 1 heterocycles. The normalized spacial score (nSPS) is 11.2. The summed E-state index contributed by atoms with van der Waals surface area (Å²) < 4.78 is 2.23. The summed E-state index contributed by atoms with van der Waals surface area (Å²) in [5.74, 6) is 0. The van der Waals surface area contributed by atoms with Gasteiger partial charge in [-0.1, -0.05) is 11.6 Å². The third-order valence-corrected chi connectivity index (χ3v) is 3.41. The zero-order chi connectivity index (χ0) is 11.7. The number of benzene rings is 1. The Morgan fingerprint density at radius 1 is 1.38 bits per heavy atom. The Morgan fingerprint density at radius 2 is 2.12 bits per heavy atom. The van der Waals surface area contributed by atoms with Crippen LogP contribution in [-0.4, -0.2) is 11.1 Å². The molecular weight excluding hydrogens is 220 g/mol. The molecule has 0 fully saturated rings. The predicted octanol–water partition coefficient (Wildman–Crippen LogP) is 3.12. The van der Waals surface area contributed by atoms with E-state index in [4.69, 9.17) is 17.3 Å². The first kappa shape index (κ1) is 11.5. The van der Waals surface area contributed by atoms with Gasteiger partial charge in [-0.05, 0) is 50.1 Å². The van der Waals surface area contributed by atoms with Crippen LogP contribution in [0.15, 0.2) is 18.3 Å². The highest BCUT2D eigenvalue weighted by Crippen LogP contribution is 2.27. The summed E-state index contributed by atoms with van der Waals surface area (Å²) in [4.78, 5) is 0. The first-order valence-electron chi connectivity index (χ1n) is 5.65. The molecule has 86 valence electrons. The van der Waals surface area contributed by atoms with Crippen LogP contribution in [0.2, 0.25) is 5.02 Å². The number of hydrogen-bond donors (Lipinski definition) is 1. The number of aryl methyl sites for hydroxylation is 2. The Hall–Kier alpha value is -0.990. The summed E-state index contributed by atoms with van der Waals surface area (Å²) >= 11 is 6.16. The summed E-state index contributed by atoms with van der Waals surface area (Å²) in [5.41, 5.74) is 9.29. The van der Waals surface area contributed by atoms with Gasteiger partial charge in [0.2, 0.25) is 0 Å². The maximum Gasteiger partial charge on any atom is 0.0498 e. The number of nitrogens with two attached hydrogens (primary N) is 1. The van der Waals surface area contributed by atoms with E-state index in [1.165, 1.54) is 16.5 Å². The highest BCUT2D eigenvalue weighted by molar-refractivity contribution is 6.32. The van der Waals surface area contributed by atoms with Crippen molar-refractivity contribution in [2.75, 3.05) is 6.54 Å². The molecule has 0 radical (unpaired) electrons. The van der Waals surface area contributed by atoms with Crippen LogP contribution in [0.4, 0.5) is 0 Å². The molecule has 0 unspecified atom stereocenters. The minimum absolute atomic E-state index is 0.685. The first-order valence-corrected chi connectivity index (χ1v) is 6.03. The molecule has 0 aliphatic carbocycles. The molecule has 1 aromatic carbocycles. The molecule has 0 aliphatic heterocycles. The van der Waals surface area contributed by atoms with Gasteiger partial charge in [0.05, 0.1) is 0 Å². The van der Waals surface area contributed by atoms with Gasteiger partial charge in [0, 0.05) is 28.7 Å². The summed E-state index contributed by atoms with van der Waals surface area (Å²) in [5, 5.41) is 2.12. The smallest absolute Gasteiger partial charge is 0.0498 e. The minimum Gasteiger partial charge on any atom is -0.347 e. The van der Waals surface area contributed by atoms with E-state index >= 15 is 0 Å². The van der Waals surface area contributed by atoms with E-state index in [0.29, 0.717) is 6.54 Å². The van der Waals surface area contributed by atoms with Crippen LogP contribution in [-0.2, 0) is 13.0 Å². The number of halogens is 1. The third-order valence-electron chi connectivity index (χ3n) is 3.00. The molecule has 2 rings (SSSR count). The van der Waals surface area contributed by atoms with Crippen molar-refractivity contribution in [1.82, 2.24) is 4.57 Å². The molecule has 0 aliphatic rings. The Labute approximate surface area is 101 Å². The van der Waals surface area contributed by atoms with Gasteiger partial charge >= 0.3 is 0 Å². The van der Waals surface area contributed by atoms with E-state index in [2.05, 4.69) is 29.8 Å². The van der Waals surface area contributed by atoms with Gasteiger partial charge in [0.1, 0.15) is 0 Å². The largest absolute Gasteiger partial charge is 0.347 e. The van der Waals surface area contributed by atoms with Gasteiger partial charge in [-0.2, -0.15) is 0 Å². The second-order valence-corrected chi connectivity index (χ2v) is 4.50. The van der Waals surface area contributed by atoms with Gasteiger partial charge in [0.25, 0.3) is 0 Å². The standard InChI is InChI=1S/C13H17ClN2/c1-3-16-8-10(4-5-15)11-6-9(2)12(14)7-13(11)16/h6-8H,3-5,15H2,1-2H3. The van der Waals surface area contributed by atoms with Crippen LogP contribution >= 0.6 is 11.6 Å².